The Morgan fingerprint density at radius 1 is 0.765 bits per heavy atom. The molecule has 1 aliphatic heterocycles. The van der Waals surface area contributed by atoms with Gasteiger partial charge in [0.15, 0.2) is 0 Å². The predicted octanol–water partition coefficient (Wildman–Crippen LogP) is -8.09. The molecule has 0 aliphatic carbocycles. The summed E-state index contributed by atoms with van der Waals surface area (Å²) in [6, 6.07) is 0. The van der Waals surface area contributed by atoms with E-state index in [0.717, 1.165) is 0 Å². The van der Waals surface area contributed by atoms with Gasteiger partial charge in [-0.15, -0.1) is 0 Å². The van der Waals surface area contributed by atoms with Gasteiger partial charge in [0.05, 0.1) is 13.1 Å². The fourth-order valence-corrected chi connectivity index (χ4v) is 0.931. The van der Waals surface area contributed by atoms with Crippen molar-refractivity contribution in [3.05, 3.63) is 0 Å². The summed E-state index contributed by atoms with van der Waals surface area (Å²) in [5, 5.41) is 4.78. The Balaban J connectivity index is 0. The van der Waals surface area contributed by atoms with E-state index in [9.17, 15) is 0 Å². The Kier molecular flexibility index (Phi) is 12.0. The molecule has 10 nitrogen and oxygen atoms in total. The molecule has 0 atom stereocenters. The first kappa shape index (κ1) is 19.7. The van der Waals surface area contributed by atoms with Crippen LogP contribution in [0.15, 0.2) is 0 Å². The van der Waals surface area contributed by atoms with Crippen molar-refractivity contribution in [2.24, 2.45) is 0 Å². The van der Waals surface area contributed by atoms with Crippen LogP contribution in [0.5, 0.6) is 0 Å². The van der Waals surface area contributed by atoms with Gasteiger partial charge in [-0.2, -0.15) is 0 Å². The van der Waals surface area contributed by atoms with Crippen molar-refractivity contribution in [3.63, 3.8) is 0 Å². The van der Waals surface area contributed by atoms with E-state index in [0.29, 0.717) is 0 Å². The SMILES string of the molecule is C1C[NH2+]CC[NH2+]C1.O=[As]([O-])(O)O.O=[As]([O-])(O)O. The summed E-state index contributed by atoms with van der Waals surface area (Å²) in [7, 11) is 0. The van der Waals surface area contributed by atoms with E-state index >= 15 is 0 Å². The standard InChI is InChI=1S/C5H12N2.2AsH3O4/c1-2-6-4-5-7-3-1;2*2-1(3,4)5/h6-7H,1-5H2;2*(H3,2,3,4,5). The van der Waals surface area contributed by atoms with Crippen molar-refractivity contribution in [3.8, 4) is 0 Å². The van der Waals surface area contributed by atoms with Gasteiger partial charge in [-0.1, -0.05) is 0 Å². The Morgan fingerprint density at radius 3 is 1.24 bits per heavy atom. The topological polar surface area (TPSA) is 194 Å². The van der Waals surface area contributed by atoms with E-state index in [4.69, 9.17) is 32.1 Å². The van der Waals surface area contributed by atoms with E-state index in [1.807, 2.05) is 0 Å². The molecule has 12 heteroatoms. The summed E-state index contributed by atoms with van der Waals surface area (Å²) < 4.78 is 63.9. The van der Waals surface area contributed by atoms with Crippen LogP contribution in [0.3, 0.4) is 0 Å². The van der Waals surface area contributed by atoms with E-state index in [1.165, 1.54) is 32.6 Å². The molecule has 17 heavy (non-hydrogen) atoms. The zero-order valence-electron chi connectivity index (χ0n) is 9.01. The van der Waals surface area contributed by atoms with Crippen LogP contribution < -0.4 is 18.8 Å². The molecule has 0 aromatic carbocycles. The Bertz CT molecular complexity index is 206. The number of hydrogen-bond donors (Lipinski definition) is 6. The molecule has 1 fully saturated rings. The number of quaternary nitrogens is 2. The average molecular weight is 384 g/mol. The van der Waals surface area contributed by atoms with Crippen LogP contribution in [-0.4, -0.2) is 71.6 Å². The van der Waals surface area contributed by atoms with E-state index in [-0.39, 0.29) is 0 Å². The molecule has 0 bridgehead atoms. The average Bonchev–Trinajstić information content (AvgIpc) is 2.26. The van der Waals surface area contributed by atoms with Gasteiger partial charge in [0.2, 0.25) is 0 Å². The van der Waals surface area contributed by atoms with E-state index in [2.05, 4.69) is 10.6 Å². The molecule has 1 aliphatic rings. The van der Waals surface area contributed by atoms with Crippen molar-refractivity contribution in [2.45, 2.75) is 6.42 Å². The van der Waals surface area contributed by atoms with Gasteiger partial charge in [0, 0.05) is 6.42 Å². The molecule has 0 saturated carbocycles. The summed E-state index contributed by atoms with van der Waals surface area (Å²) in [6.07, 6.45) is 1.39. The van der Waals surface area contributed by atoms with Gasteiger partial charge in [0.25, 0.3) is 0 Å². The zero-order valence-corrected chi connectivity index (χ0v) is 12.8. The van der Waals surface area contributed by atoms with Crippen LogP contribution in [0, 0.1) is 0 Å². The van der Waals surface area contributed by atoms with Gasteiger partial charge < -0.3 is 10.6 Å². The third kappa shape index (κ3) is 62.1. The Hall–Kier alpha value is 0.397. The molecule has 1 saturated heterocycles. The van der Waals surface area contributed by atoms with Gasteiger partial charge in [-0.3, -0.25) is 0 Å². The zero-order chi connectivity index (χ0) is 13.9. The van der Waals surface area contributed by atoms with Crippen molar-refractivity contribution in [2.75, 3.05) is 26.2 Å². The van der Waals surface area contributed by atoms with Crippen LogP contribution in [0.4, 0.5) is 0 Å². The molecule has 0 unspecified atom stereocenters. The maximum atomic E-state index is 8.83. The third-order valence-corrected chi connectivity index (χ3v) is 1.39. The predicted molar refractivity (Wildman–Crippen MR) is 49.7 cm³/mol. The molecule has 0 amide bonds. The Labute approximate surface area is 104 Å². The monoisotopic (exact) mass is 384 g/mol. The number of rotatable bonds is 0. The molecular weight excluding hydrogens is 366 g/mol. The fraction of sp³-hybridized carbons (Fsp3) is 1.00. The van der Waals surface area contributed by atoms with Gasteiger partial charge >= 0.3 is 61.1 Å². The van der Waals surface area contributed by atoms with Gasteiger partial charge in [0.1, 0.15) is 13.1 Å². The number of nitrogens with two attached hydrogens (primary N) is 2. The van der Waals surface area contributed by atoms with Crippen molar-refractivity contribution in [1.82, 2.24) is 0 Å². The van der Waals surface area contributed by atoms with Crippen LogP contribution in [0.25, 0.3) is 0 Å². The summed E-state index contributed by atoms with van der Waals surface area (Å²) in [6.45, 7) is 5.33. The maximum absolute atomic E-state index is 8.83. The first-order valence-corrected chi connectivity index (χ1v) is 11.1. The molecule has 0 spiro atoms. The van der Waals surface area contributed by atoms with Crippen LogP contribution >= 0.6 is 0 Å². The van der Waals surface area contributed by atoms with Gasteiger partial charge in [-0.25, -0.2) is 0 Å². The van der Waals surface area contributed by atoms with Crippen LogP contribution in [0.1, 0.15) is 6.42 Å². The minimum atomic E-state index is -5.38. The molecule has 0 aromatic heterocycles. The molecule has 106 valence electrons. The third-order valence-electron chi connectivity index (χ3n) is 1.39. The van der Waals surface area contributed by atoms with Crippen LogP contribution in [-0.2, 0) is 7.48 Å². The summed E-state index contributed by atoms with van der Waals surface area (Å²) in [4.78, 5) is 0. The van der Waals surface area contributed by atoms with Crippen molar-refractivity contribution >= 4 is 29.0 Å². The fourth-order valence-electron chi connectivity index (χ4n) is 0.931. The molecule has 0 radical (unpaired) electrons. The molecule has 8 N–H and O–H groups in total. The minimum absolute atomic E-state index is 1.32. The van der Waals surface area contributed by atoms with Crippen molar-refractivity contribution in [1.29, 1.82) is 0 Å². The van der Waals surface area contributed by atoms with Crippen LogP contribution in [0.2, 0.25) is 0 Å². The quantitative estimate of drug-likeness (QED) is 0.222. The molecular formula is C5H18As2N2O8. The normalized spacial score (nSPS) is 16.8. The van der Waals surface area contributed by atoms with Gasteiger partial charge in [-0.05, 0) is 0 Å². The molecule has 1 heterocycles. The summed E-state index contributed by atoms with van der Waals surface area (Å²) >= 11 is -10.8. The Morgan fingerprint density at radius 2 is 1.00 bits per heavy atom. The van der Waals surface area contributed by atoms with E-state index in [1.54, 1.807) is 0 Å². The van der Waals surface area contributed by atoms with E-state index < -0.39 is 29.0 Å². The molecule has 1 rings (SSSR count). The second-order valence-electron chi connectivity index (χ2n) is 3.07. The first-order valence-electron chi connectivity index (χ1n) is 4.66. The van der Waals surface area contributed by atoms with Crippen molar-refractivity contribution < 1.29 is 42.7 Å². The second-order valence-corrected chi connectivity index (χ2v) is 7.18. The number of hydrogen-bond acceptors (Lipinski definition) is 4. The first-order chi connectivity index (χ1) is 7.50. The summed E-state index contributed by atoms with van der Waals surface area (Å²) in [5.41, 5.74) is 0. The summed E-state index contributed by atoms with van der Waals surface area (Å²) in [5.74, 6) is 0. The molecule has 0 aromatic rings. The second kappa shape index (κ2) is 10.3.